The minimum Gasteiger partial charge on any atom is -0.410 e. The highest BCUT2D eigenvalue weighted by atomic mass is 16.4. The van der Waals surface area contributed by atoms with E-state index in [0.29, 0.717) is 12.3 Å². The number of pyridine rings is 1. The summed E-state index contributed by atoms with van der Waals surface area (Å²) in [6.07, 6.45) is 0.832. The highest BCUT2D eigenvalue weighted by Gasteiger charge is 2.16. The van der Waals surface area contributed by atoms with Gasteiger partial charge < -0.3 is 14.7 Å². The molecule has 1 aliphatic heterocycles. The second-order valence-electron chi connectivity index (χ2n) is 10.1. The maximum absolute atomic E-state index is 9.97. The molecule has 37 heavy (non-hydrogen) atoms. The van der Waals surface area contributed by atoms with E-state index >= 15 is 0 Å². The topological polar surface area (TPSA) is 69.8 Å². The standard InChI is InChI=1S/C30H36N6O/c1-5-27-32-28-21(2)17-22(3)31-30(28)36(27)20-24-7-6-8-26(18-24)29(33-37)25-11-9-23(10-12-25)19-35-15-13-34(4)14-16-35/h6-12,17-18,37H,5,13-16,19-20H2,1-4H3. The van der Waals surface area contributed by atoms with E-state index in [9.17, 15) is 5.21 Å². The molecule has 7 nitrogen and oxygen atoms in total. The van der Waals surface area contributed by atoms with Gasteiger partial charge in [0.2, 0.25) is 0 Å². The lowest BCUT2D eigenvalue weighted by Crippen LogP contribution is -2.43. The van der Waals surface area contributed by atoms with Crippen LogP contribution in [0.2, 0.25) is 0 Å². The van der Waals surface area contributed by atoms with Gasteiger partial charge in [-0.15, -0.1) is 0 Å². The van der Waals surface area contributed by atoms with Gasteiger partial charge in [0.25, 0.3) is 0 Å². The summed E-state index contributed by atoms with van der Waals surface area (Å²) in [7, 11) is 2.18. The van der Waals surface area contributed by atoms with Crippen molar-refractivity contribution in [1.82, 2.24) is 24.3 Å². The Hall–Kier alpha value is -3.55. The summed E-state index contributed by atoms with van der Waals surface area (Å²) in [5.74, 6) is 1.02. The summed E-state index contributed by atoms with van der Waals surface area (Å²) >= 11 is 0. The molecule has 1 N–H and O–H groups in total. The fraction of sp³-hybridized carbons (Fsp3) is 0.367. The number of hydrogen-bond acceptors (Lipinski definition) is 6. The fourth-order valence-corrected chi connectivity index (χ4v) is 5.20. The Kier molecular flexibility index (Phi) is 7.35. The van der Waals surface area contributed by atoms with Crippen LogP contribution in [-0.2, 0) is 19.5 Å². The molecule has 7 heteroatoms. The Morgan fingerprint density at radius 3 is 2.35 bits per heavy atom. The van der Waals surface area contributed by atoms with Crippen LogP contribution in [-0.4, -0.2) is 68.5 Å². The van der Waals surface area contributed by atoms with Gasteiger partial charge in [0.05, 0.1) is 6.54 Å². The molecular formula is C30H36N6O. The first kappa shape index (κ1) is 25.1. The first-order chi connectivity index (χ1) is 17.9. The lowest BCUT2D eigenvalue weighted by molar-refractivity contribution is 0.148. The van der Waals surface area contributed by atoms with Gasteiger partial charge in [-0.25, -0.2) is 9.97 Å². The van der Waals surface area contributed by atoms with Crippen molar-refractivity contribution in [1.29, 1.82) is 0 Å². The molecule has 0 bridgehead atoms. The molecule has 0 unspecified atom stereocenters. The van der Waals surface area contributed by atoms with Gasteiger partial charge >= 0.3 is 0 Å². The summed E-state index contributed by atoms with van der Waals surface area (Å²) in [5, 5.41) is 13.7. The van der Waals surface area contributed by atoms with Gasteiger partial charge in [0, 0.05) is 56.0 Å². The average Bonchev–Trinajstić information content (AvgIpc) is 3.24. The summed E-state index contributed by atoms with van der Waals surface area (Å²) < 4.78 is 2.21. The minimum atomic E-state index is 0.573. The monoisotopic (exact) mass is 496 g/mol. The van der Waals surface area contributed by atoms with E-state index in [1.165, 1.54) is 5.56 Å². The van der Waals surface area contributed by atoms with Gasteiger partial charge in [-0.3, -0.25) is 4.90 Å². The van der Waals surface area contributed by atoms with Crippen molar-refractivity contribution in [3.05, 3.63) is 93.9 Å². The number of nitrogens with zero attached hydrogens (tertiary/aromatic N) is 6. The maximum Gasteiger partial charge on any atom is 0.160 e. The Morgan fingerprint density at radius 1 is 0.892 bits per heavy atom. The fourth-order valence-electron chi connectivity index (χ4n) is 5.20. The predicted molar refractivity (Wildman–Crippen MR) is 149 cm³/mol. The smallest absolute Gasteiger partial charge is 0.160 e. The van der Waals surface area contributed by atoms with Gasteiger partial charge in [0.1, 0.15) is 17.1 Å². The number of fused-ring (bicyclic) bond motifs is 1. The van der Waals surface area contributed by atoms with Crippen molar-refractivity contribution < 1.29 is 5.21 Å². The molecule has 5 rings (SSSR count). The Labute approximate surface area is 219 Å². The Morgan fingerprint density at radius 2 is 1.65 bits per heavy atom. The summed E-state index contributed by atoms with van der Waals surface area (Å²) in [6, 6.07) is 18.7. The van der Waals surface area contributed by atoms with Gasteiger partial charge in [0.15, 0.2) is 5.65 Å². The third kappa shape index (κ3) is 5.43. The van der Waals surface area contributed by atoms with Crippen LogP contribution >= 0.6 is 0 Å². The van der Waals surface area contributed by atoms with Crippen molar-refractivity contribution in [3.8, 4) is 0 Å². The average molecular weight is 497 g/mol. The third-order valence-corrected chi connectivity index (χ3v) is 7.29. The molecule has 192 valence electrons. The van der Waals surface area contributed by atoms with Gasteiger partial charge in [-0.2, -0.15) is 0 Å². The van der Waals surface area contributed by atoms with Crippen LogP contribution in [0.15, 0.2) is 59.8 Å². The molecule has 2 aromatic heterocycles. The molecule has 4 aromatic rings. The molecule has 0 aliphatic carbocycles. The molecule has 2 aromatic carbocycles. The summed E-state index contributed by atoms with van der Waals surface area (Å²) in [4.78, 5) is 14.5. The van der Waals surface area contributed by atoms with Crippen LogP contribution in [0.25, 0.3) is 11.2 Å². The first-order valence-electron chi connectivity index (χ1n) is 13.1. The number of rotatable bonds is 7. The number of aromatic nitrogens is 3. The van der Waals surface area contributed by atoms with E-state index in [1.54, 1.807) is 0 Å². The van der Waals surface area contributed by atoms with Crippen molar-refractivity contribution in [3.63, 3.8) is 0 Å². The van der Waals surface area contributed by atoms with E-state index < -0.39 is 0 Å². The number of piperazine rings is 1. The molecule has 0 saturated carbocycles. The molecule has 1 saturated heterocycles. The Balaban J connectivity index is 1.37. The SMILES string of the molecule is CCc1nc2c(C)cc(C)nc2n1Cc1cccc(C(=NO)c2ccc(CN3CCN(C)CC3)cc2)c1. The summed E-state index contributed by atoms with van der Waals surface area (Å²) in [5.41, 5.74) is 8.77. The van der Waals surface area contributed by atoms with E-state index in [0.717, 1.165) is 84.1 Å². The highest BCUT2D eigenvalue weighted by Crippen LogP contribution is 2.22. The lowest BCUT2D eigenvalue weighted by atomic mass is 9.99. The summed E-state index contributed by atoms with van der Waals surface area (Å²) in [6.45, 7) is 12.3. The largest absolute Gasteiger partial charge is 0.410 e. The highest BCUT2D eigenvalue weighted by molar-refractivity contribution is 6.12. The molecule has 1 aliphatic rings. The third-order valence-electron chi connectivity index (χ3n) is 7.29. The predicted octanol–water partition coefficient (Wildman–Crippen LogP) is 4.63. The maximum atomic E-state index is 9.97. The van der Waals surface area contributed by atoms with E-state index in [1.807, 2.05) is 19.1 Å². The first-order valence-corrected chi connectivity index (χ1v) is 13.1. The van der Waals surface area contributed by atoms with Gasteiger partial charge in [-0.05, 0) is 49.7 Å². The molecule has 0 atom stereocenters. The van der Waals surface area contributed by atoms with E-state index in [-0.39, 0.29) is 0 Å². The molecule has 1 fully saturated rings. The lowest BCUT2D eigenvalue weighted by Gasteiger charge is -2.32. The second-order valence-corrected chi connectivity index (χ2v) is 10.1. The zero-order chi connectivity index (χ0) is 25.9. The minimum absolute atomic E-state index is 0.573. The van der Waals surface area contributed by atoms with Gasteiger partial charge in [-0.1, -0.05) is 54.5 Å². The quantitative estimate of drug-likeness (QED) is 0.229. The van der Waals surface area contributed by atoms with Crippen LogP contribution in [0, 0.1) is 13.8 Å². The molecule has 0 radical (unpaired) electrons. The number of likely N-dealkylation sites (N-methyl/N-ethyl adjacent to an activating group) is 1. The van der Waals surface area contributed by atoms with Crippen LogP contribution in [0.3, 0.4) is 0 Å². The normalized spacial score (nSPS) is 15.5. The van der Waals surface area contributed by atoms with Crippen LogP contribution in [0.4, 0.5) is 0 Å². The number of imidazole rings is 1. The van der Waals surface area contributed by atoms with Crippen LogP contribution in [0.5, 0.6) is 0 Å². The number of hydrogen-bond donors (Lipinski definition) is 1. The number of benzene rings is 2. The molecular weight excluding hydrogens is 460 g/mol. The van der Waals surface area contributed by atoms with E-state index in [2.05, 4.69) is 82.9 Å². The Bertz CT molecular complexity index is 1410. The molecule has 0 spiro atoms. The zero-order valence-corrected chi connectivity index (χ0v) is 22.3. The number of aryl methyl sites for hydroxylation is 3. The van der Waals surface area contributed by atoms with Crippen molar-refractivity contribution in [2.24, 2.45) is 5.16 Å². The molecule has 0 amide bonds. The van der Waals surface area contributed by atoms with Crippen molar-refractivity contribution in [2.75, 3.05) is 33.2 Å². The molecule has 3 heterocycles. The second kappa shape index (κ2) is 10.8. The van der Waals surface area contributed by atoms with Crippen LogP contribution < -0.4 is 0 Å². The van der Waals surface area contributed by atoms with Crippen molar-refractivity contribution in [2.45, 2.75) is 40.3 Å². The zero-order valence-electron chi connectivity index (χ0n) is 22.3. The van der Waals surface area contributed by atoms with E-state index in [4.69, 9.17) is 9.97 Å². The number of oxime groups is 1. The van der Waals surface area contributed by atoms with Crippen molar-refractivity contribution >= 4 is 16.9 Å². The van der Waals surface area contributed by atoms with Crippen LogP contribution in [0.1, 0.15) is 46.3 Å².